The van der Waals surface area contributed by atoms with Gasteiger partial charge in [-0.15, -0.1) is 0 Å². The van der Waals surface area contributed by atoms with Crippen LogP contribution in [-0.4, -0.2) is 52.0 Å². The lowest BCUT2D eigenvalue weighted by Crippen LogP contribution is -2.38. The molecule has 2 aliphatic rings. The Hall–Kier alpha value is -3.03. The number of rotatable bonds is 7. The van der Waals surface area contributed by atoms with Gasteiger partial charge in [-0.25, -0.2) is 0 Å². The van der Waals surface area contributed by atoms with Crippen LogP contribution in [0, 0.1) is 5.92 Å². The summed E-state index contributed by atoms with van der Waals surface area (Å²) in [6, 6.07) is 12.3. The fraction of sp³-hybridized carbons (Fsp3) is 0.407. The lowest BCUT2D eigenvalue weighted by Gasteiger charge is -2.31. The van der Waals surface area contributed by atoms with Gasteiger partial charge in [0.25, 0.3) is 0 Å². The Morgan fingerprint density at radius 3 is 2.77 bits per heavy atom. The van der Waals surface area contributed by atoms with Crippen LogP contribution in [0.15, 0.2) is 42.0 Å². The molecule has 3 heterocycles. The zero-order valence-electron chi connectivity index (χ0n) is 20.0. The SMILES string of the molecule is CC(C)n1nc(Cl)c2cc(COc3ccc4c(c3)OCC(CN3CCC(C(=O)O)CC3)=C4)ccc21. The van der Waals surface area contributed by atoms with Crippen LogP contribution >= 0.6 is 11.6 Å². The molecule has 0 bridgehead atoms. The molecular formula is C27H30ClN3O4. The molecule has 2 aromatic carbocycles. The summed E-state index contributed by atoms with van der Waals surface area (Å²) in [4.78, 5) is 13.5. The van der Waals surface area contributed by atoms with Crippen molar-refractivity contribution in [3.8, 4) is 11.5 Å². The van der Waals surface area contributed by atoms with E-state index in [1.54, 1.807) is 0 Å². The number of benzene rings is 2. The van der Waals surface area contributed by atoms with E-state index in [1.807, 2.05) is 41.1 Å². The van der Waals surface area contributed by atoms with Gasteiger partial charge in [-0.1, -0.05) is 17.7 Å². The second-order valence-electron chi connectivity index (χ2n) is 9.65. The maximum atomic E-state index is 11.2. The monoisotopic (exact) mass is 495 g/mol. The predicted molar refractivity (Wildman–Crippen MR) is 136 cm³/mol. The van der Waals surface area contributed by atoms with Gasteiger partial charge in [-0.3, -0.25) is 14.4 Å². The highest BCUT2D eigenvalue weighted by Gasteiger charge is 2.25. The number of ether oxygens (including phenoxy) is 2. The van der Waals surface area contributed by atoms with Crippen LogP contribution in [0.3, 0.4) is 0 Å². The van der Waals surface area contributed by atoms with Gasteiger partial charge >= 0.3 is 5.97 Å². The van der Waals surface area contributed by atoms with Gasteiger partial charge in [-0.2, -0.15) is 5.10 Å². The third kappa shape index (κ3) is 5.16. The molecule has 1 saturated heterocycles. The number of hydrogen-bond donors (Lipinski definition) is 1. The van der Waals surface area contributed by atoms with Crippen molar-refractivity contribution in [2.75, 3.05) is 26.2 Å². The minimum Gasteiger partial charge on any atom is -0.489 e. The topological polar surface area (TPSA) is 76.8 Å². The zero-order chi connectivity index (χ0) is 24.5. The molecule has 5 rings (SSSR count). The smallest absolute Gasteiger partial charge is 0.306 e. The summed E-state index contributed by atoms with van der Waals surface area (Å²) >= 11 is 6.36. The Balaban J connectivity index is 1.21. The number of aromatic nitrogens is 2. The quantitative estimate of drug-likeness (QED) is 0.471. The summed E-state index contributed by atoms with van der Waals surface area (Å²) in [6.07, 6.45) is 3.59. The van der Waals surface area contributed by atoms with Crippen molar-refractivity contribution < 1.29 is 19.4 Å². The van der Waals surface area contributed by atoms with E-state index in [0.29, 0.717) is 31.2 Å². The first-order valence-electron chi connectivity index (χ1n) is 12.1. The molecule has 0 atom stereocenters. The third-order valence-electron chi connectivity index (χ3n) is 6.74. The predicted octanol–water partition coefficient (Wildman–Crippen LogP) is 5.42. The number of nitrogens with zero attached hydrogens (tertiary/aromatic N) is 3. The molecule has 3 aromatic rings. The number of carbonyl (C=O) groups is 1. The number of likely N-dealkylation sites (tertiary alicyclic amines) is 1. The van der Waals surface area contributed by atoms with Crippen molar-refractivity contribution in [1.29, 1.82) is 0 Å². The second-order valence-corrected chi connectivity index (χ2v) is 10.0. The highest BCUT2D eigenvalue weighted by Crippen LogP contribution is 2.32. The van der Waals surface area contributed by atoms with Crippen LogP contribution in [0.1, 0.15) is 43.9 Å². The van der Waals surface area contributed by atoms with Crippen molar-refractivity contribution >= 4 is 34.5 Å². The van der Waals surface area contributed by atoms with Gasteiger partial charge < -0.3 is 14.6 Å². The van der Waals surface area contributed by atoms with Crippen molar-refractivity contribution in [2.24, 2.45) is 5.92 Å². The number of carboxylic acid groups (broad SMARTS) is 1. The van der Waals surface area contributed by atoms with Crippen LogP contribution in [0.25, 0.3) is 17.0 Å². The van der Waals surface area contributed by atoms with Crippen molar-refractivity contribution in [2.45, 2.75) is 39.3 Å². The summed E-state index contributed by atoms with van der Waals surface area (Å²) in [5.41, 5.74) is 4.28. The zero-order valence-corrected chi connectivity index (χ0v) is 20.8. The minimum atomic E-state index is -0.677. The molecule has 7 nitrogen and oxygen atoms in total. The first-order valence-corrected chi connectivity index (χ1v) is 12.5. The Morgan fingerprint density at radius 2 is 2.03 bits per heavy atom. The number of piperidine rings is 1. The maximum absolute atomic E-state index is 11.2. The fourth-order valence-electron chi connectivity index (χ4n) is 4.80. The second kappa shape index (κ2) is 9.91. The van der Waals surface area contributed by atoms with Crippen LogP contribution in [0.5, 0.6) is 11.5 Å². The molecule has 2 aliphatic heterocycles. The van der Waals surface area contributed by atoms with Crippen LogP contribution in [0.2, 0.25) is 5.15 Å². The number of fused-ring (bicyclic) bond motifs is 2. The molecule has 1 N–H and O–H groups in total. The van der Waals surface area contributed by atoms with E-state index in [4.69, 9.17) is 21.1 Å². The summed E-state index contributed by atoms with van der Waals surface area (Å²) in [5.74, 6) is 0.676. The molecule has 0 radical (unpaired) electrons. The van der Waals surface area contributed by atoms with Gasteiger partial charge in [0, 0.05) is 29.6 Å². The van der Waals surface area contributed by atoms with E-state index >= 15 is 0 Å². The summed E-state index contributed by atoms with van der Waals surface area (Å²) in [6.45, 7) is 7.55. The largest absolute Gasteiger partial charge is 0.489 e. The maximum Gasteiger partial charge on any atom is 0.306 e. The Kier molecular flexibility index (Phi) is 6.71. The van der Waals surface area contributed by atoms with E-state index in [1.165, 1.54) is 5.57 Å². The fourth-order valence-corrected chi connectivity index (χ4v) is 5.03. The summed E-state index contributed by atoms with van der Waals surface area (Å²) < 4.78 is 14.0. The molecule has 0 unspecified atom stereocenters. The first kappa shape index (κ1) is 23.7. The van der Waals surface area contributed by atoms with Gasteiger partial charge in [-0.05, 0) is 81.3 Å². The normalized spacial score (nSPS) is 16.7. The van der Waals surface area contributed by atoms with E-state index < -0.39 is 5.97 Å². The van der Waals surface area contributed by atoms with Gasteiger partial charge in [0.15, 0.2) is 5.15 Å². The van der Waals surface area contributed by atoms with Crippen molar-refractivity contribution in [1.82, 2.24) is 14.7 Å². The average molecular weight is 496 g/mol. The van der Waals surface area contributed by atoms with Crippen LogP contribution < -0.4 is 9.47 Å². The number of carboxylic acids is 1. The lowest BCUT2D eigenvalue weighted by atomic mass is 9.96. The number of aliphatic carboxylic acids is 1. The lowest BCUT2D eigenvalue weighted by molar-refractivity contribution is -0.143. The van der Waals surface area contributed by atoms with E-state index in [-0.39, 0.29) is 12.0 Å². The molecule has 0 spiro atoms. The van der Waals surface area contributed by atoms with E-state index in [2.05, 4.69) is 29.9 Å². The molecular weight excluding hydrogens is 466 g/mol. The first-order chi connectivity index (χ1) is 16.9. The molecule has 1 aromatic heterocycles. The van der Waals surface area contributed by atoms with Crippen molar-refractivity contribution in [3.05, 3.63) is 58.3 Å². The molecule has 184 valence electrons. The van der Waals surface area contributed by atoms with Crippen LogP contribution in [-0.2, 0) is 11.4 Å². The highest BCUT2D eigenvalue weighted by molar-refractivity contribution is 6.34. The number of hydrogen-bond acceptors (Lipinski definition) is 5. The molecule has 0 aliphatic carbocycles. The summed E-state index contributed by atoms with van der Waals surface area (Å²) in [5, 5.41) is 15.1. The standard InChI is InChI=1S/C27H30ClN3O4/c1-17(2)31-24-6-3-18(12-23(24)26(28)29-31)15-34-22-5-4-21-11-19(16-35-25(21)13-22)14-30-9-7-20(8-10-30)27(32)33/h3-6,11-13,17,20H,7-10,14-16H2,1-2H3,(H,32,33). The molecule has 1 fully saturated rings. The average Bonchev–Trinajstić information content (AvgIpc) is 3.19. The van der Waals surface area contributed by atoms with E-state index in [0.717, 1.165) is 53.2 Å². The van der Waals surface area contributed by atoms with Gasteiger partial charge in [0.1, 0.15) is 24.7 Å². The molecule has 0 saturated carbocycles. The van der Waals surface area contributed by atoms with Crippen LogP contribution in [0.4, 0.5) is 0 Å². The highest BCUT2D eigenvalue weighted by atomic mass is 35.5. The van der Waals surface area contributed by atoms with Crippen molar-refractivity contribution in [3.63, 3.8) is 0 Å². The van der Waals surface area contributed by atoms with Gasteiger partial charge in [0.05, 0.1) is 11.4 Å². The Labute approximate surface area is 209 Å². The van der Waals surface area contributed by atoms with Gasteiger partial charge in [0.2, 0.25) is 0 Å². The van der Waals surface area contributed by atoms with E-state index in [9.17, 15) is 9.90 Å². The Morgan fingerprint density at radius 1 is 1.23 bits per heavy atom. The molecule has 35 heavy (non-hydrogen) atoms. The Bertz CT molecular complexity index is 1270. The molecule has 8 heteroatoms. The minimum absolute atomic E-state index is 0.210. The molecule has 0 amide bonds. The number of halogens is 1. The summed E-state index contributed by atoms with van der Waals surface area (Å²) in [7, 11) is 0. The third-order valence-corrected chi connectivity index (χ3v) is 7.02.